The van der Waals surface area contributed by atoms with Gasteiger partial charge in [-0.3, -0.25) is 0 Å². The first-order valence-corrected chi connectivity index (χ1v) is 7.99. The summed E-state index contributed by atoms with van der Waals surface area (Å²) in [6.45, 7) is 2.90. The predicted molar refractivity (Wildman–Crippen MR) is 83.0 cm³/mol. The van der Waals surface area contributed by atoms with Gasteiger partial charge < -0.3 is 19.9 Å². The lowest BCUT2D eigenvalue weighted by molar-refractivity contribution is 0.168. The van der Waals surface area contributed by atoms with Gasteiger partial charge in [-0.1, -0.05) is 6.07 Å². The zero-order valence-electron chi connectivity index (χ0n) is 11.9. The Morgan fingerprint density at radius 1 is 1.29 bits per heavy atom. The maximum absolute atomic E-state index is 10.3. The van der Waals surface area contributed by atoms with Gasteiger partial charge in [0.25, 0.3) is 0 Å². The smallest absolute Gasteiger partial charge is 0.231 e. The molecule has 1 aliphatic rings. The average Bonchev–Trinajstić information content (AvgIpc) is 3.14. The molecular weight excluding hydrogens is 286 g/mol. The Kier molecular flexibility index (Phi) is 4.43. The molecule has 0 saturated carbocycles. The molecule has 4 nitrogen and oxygen atoms in total. The Bertz CT molecular complexity index is 585. The summed E-state index contributed by atoms with van der Waals surface area (Å²) in [5.41, 5.74) is 2.17. The van der Waals surface area contributed by atoms with Crippen molar-refractivity contribution in [2.75, 3.05) is 13.3 Å². The van der Waals surface area contributed by atoms with E-state index in [4.69, 9.17) is 9.47 Å². The molecule has 1 aliphatic heterocycles. The molecular formula is C16H19NO3S. The quantitative estimate of drug-likeness (QED) is 0.861. The van der Waals surface area contributed by atoms with Crippen LogP contribution in [0.15, 0.2) is 35.0 Å². The summed E-state index contributed by atoms with van der Waals surface area (Å²) >= 11 is 1.71. The highest BCUT2D eigenvalue weighted by molar-refractivity contribution is 7.07. The van der Waals surface area contributed by atoms with Gasteiger partial charge in [0.2, 0.25) is 6.79 Å². The van der Waals surface area contributed by atoms with Gasteiger partial charge in [-0.15, -0.1) is 0 Å². The van der Waals surface area contributed by atoms with Crippen molar-refractivity contribution < 1.29 is 14.6 Å². The highest BCUT2D eigenvalue weighted by Gasteiger charge is 2.17. The second-order valence-corrected chi connectivity index (χ2v) is 6.05. The van der Waals surface area contributed by atoms with E-state index in [0.29, 0.717) is 18.3 Å². The number of benzene rings is 1. The molecule has 0 radical (unpaired) electrons. The van der Waals surface area contributed by atoms with Gasteiger partial charge in [-0.05, 0) is 53.4 Å². The Morgan fingerprint density at radius 2 is 2.14 bits per heavy atom. The van der Waals surface area contributed by atoms with Crippen molar-refractivity contribution in [2.45, 2.75) is 25.5 Å². The van der Waals surface area contributed by atoms with Gasteiger partial charge >= 0.3 is 0 Å². The normalized spacial score (nSPS) is 15.9. The second-order valence-electron chi connectivity index (χ2n) is 5.27. The highest BCUT2D eigenvalue weighted by Crippen LogP contribution is 2.34. The summed E-state index contributed by atoms with van der Waals surface area (Å²) in [5.74, 6) is 1.45. The predicted octanol–water partition coefficient (Wildman–Crippen LogP) is 2.73. The van der Waals surface area contributed by atoms with Gasteiger partial charge in [0.05, 0.1) is 6.10 Å². The first-order chi connectivity index (χ1) is 10.2. The van der Waals surface area contributed by atoms with Crippen LogP contribution in [0.4, 0.5) is 0 Å². The molecule has 112 valence electrons. The second kappa shape index (κ2) is 6.47. The fourth-order valence-electron chi connectivity index (χ4n) is 2.39. The molecule has 0 bridgehead atoms. The topological polar surface area (TPSA) is 50.7 Å². The minimum Gasteiger partial charge on any atom is -0.454 e. The van der Waals surface area contributed by atoms with Crippen LogP contribution in [0.25, 0.3) is 0 Å². The van der Waals surface area contributed by atoms with Crippen LogP contribution in [-0.4, -0.2) is 24.5 Å². The molecule has 0 fully saturated rings. The lowest BCUT2D eigenvalue weighted by atomic mass is 10.1. The van der Waals surface area contributed by atoms with Crippen LogP contribution in [-0.2, 0) is 6.42 Å². The van der Waals surface area contributed by atoms with Gasteiger partial charge in [0.1, 0.15) is 0 Å². The molecule has 21 heavy (non-hydrogen) atoms. The molecule has 0 spiro atoms. The molecule has 5 heteroatoms. The minimum absolute atomic E-state index is 0.255. The number of nitrogens with one attached hydrogen (secondary N) is 1. The standard InChI is InChI=1S/C16H19NO3S/c1-11(6-12-4-5-21-9-12)17-8-14(18)13-2-3-15-16(7-13)20-10-19-15/h2-5,7,9,11,14,17-18H,6,8,10H2,1H3. The molecule has 1 aromatic heterocycles. The molecule has 0 saturated heterocycles. The molecule has 0 aliphatic carbocycles. The SMILES string of the molecule is CC(Cc1ccsc1)NCC(O)c1ccc2c(c1)OCO2. The van der Waals surface area contributed by atoms with Crippen LogP contribution in [0.5, 0.6) is 11.5 Å². The molecule has 2 heterocycles. The first-order valence-electron chi connectivity index (χ1n) is 7.04. The summed E-state index contributed by atoms with van der Waals surface area (Å²) in [6, 6.07) is 8.03. The van der Waals surface area contributed by atoms with E-state index in [-0.39, 0.29) is 6.79 Å². The molecule has 2 unspecified atom stereocenters. The van der Waals surface area contributed by atoms with Crippen LogP contribution in [0.1, 0.15) is 24.2 Å². The number of fused-ring (bicyclic) bond motifs is 1. The lowest BCUT2D eigenvalue weighted by Crippen LogP contribution is -2.31. The number of thiophene rings is 1. The molecule has 1 aromatic carbocycles. The molecule has 2 aromatic rings. The number of aliphatic hydroxyl groups excluding tert-OH is 1. The van der Waals surface area contributed by atoms with Crippen molar-refractivity contribution in [3.8, 4) is 11.5 Å². The third kappa shape index (κ3) is 3.56. The third-order valence-electron chi connectivity index (χ3n) is 3.56. The summed E-state index contributed by atoms with van der Waals surface area (Å²) in [5, 5.41) is 17.9. The number of rotatable bonds is 6. The van der Waals surface area contributed by atoms with Crippen LogP contribution in [0.2, 0.25) is 0 Å². The lowest BCUT2D eigenvalue weighted by Gasteiger charge is -2.17. The van der Waals surface area contributed by atoms with Gasteiger partial charge in [-0.2, -0.15) is 11.3 Å². The van der Waals surface area contributed by atoms with Gasteiger partial charge in [0.15, 0.2) is 11.5 Å². The summed E-state index contributed by atoms with van der Waals surface area (Å²) in [7, 11) is 0. The zero-order chi connectivity index (χ0) is 14.7. The number of aliphatic hydroxyl groups is 1. The Labute approximate surface area is 128 Å². The Hall–Kier alpha value is -1.56. The van der Waals surface area contributed by atoms with E-state index in [1.165, 1.54) is 5.56 Å². The maximum atomic E-state index is 10.3. The average molecular weight is 305 g/mol. The first kappa shape index (κ1) is 14.4. The third-order valence-corrected chi connectivity index (χ3v) is 4.30. The van der Waals surface area contributed by atoms with E-state index in [1.807, 2.05) is 18.2 Å². The molecule has 2 atom stereocenters. The Morgan fingerprint density at radius 3 is 2.95 bits per heavy atom. The van der Waals surface area contributed by atoms with Crippen molar-refractivity contribution in [1.82, 2.24) is 5.32 Å². The summed E-state index contributed by atoms with van der Waals surface area (Å²) < 4.78 is 10.6. The fraction of sp³-hybridized carbons (Fsp3) is 0.375. The van der Waals surface area contributed by atoms with Gasteiger partial charge in [0, 0.05) is 12.6 Å². The largest absolute Gasteiger partial charge is 0.454 e. The van der Waals surface area contributed by atoms with E-state index >= 15 is 0 Å². The van der Waals surface area contributed by atoms with Crippen LogP contribution in [0.3, 0.4) is 0 Å². The Balaban J connectivity index is 1.53. The monoisotopic (exact) mass is 305 g/mol. The van der Waals surface area contributed by atoms with Crippen molar-refractivity contribution in [2.24, 2.45) is 0 Å². The molecule has 3 rings (SSSR count). The van der Waals surface area contributed by atoms with E-state index in [0.717, 1.165) is 17.7 Å². The minimum atomic E-state index is -0.551. The fourth-order valence-corrected chi connectivity index (χ4v) is 3.07. The van der Waals surface area contributed by atoms with Crippen LogP contribution in [0, 0.1) is 0 Å². The molecule has 2 N–H and O–H groups in total. The van der Waals surface area contributed by atoms with Crippen LogP contribution < -0.4 is 14.8 Å². The van der Waals surface area contributed by atoms with Crippen LogP contribution >= 0.6 is 11.3 Å². The van der Waals surface area contributed by atoms with Gasteiger partial charge in [-0.25, -0.2) is 0 Å². The number of hydrogen-bond donors (Lipinski definition) is 2. The van der Waals surface area contributed by atoms with Crippen molar-refractivity contribution in [3.63, 3.8) is 0 Å². The maximum Gasteiger partial charge on any atom is 0.231 e. The summed E-state index contributed by atoms with van der Waals surface area (Å²) in [4.78, 5) is 0. The van der Waals surface area contributed by atoms with E-state index in [2.05, 4.69) is 29.1 Å². The number of ether oxygens (including phenoxy) is 2. The van der Waals surface area contributed by atoms with E-state index in [9.17, 15) is 5.11 Å². The van der Waals surface area contributed by atoms with Crippen molar-refractivity contribution >= 4 is 11.3 Å². The zero-order valence-corrected chi connectivity index (χ0v) is 12.7. The van der Waals surface area contributed by atoms with Crippen molar-refractivity contribution in [1.29, 1.82) is 0 Å². The van der Waals surface area contributed by atoms with Crippen molar-refractivity contribution in [3.05, 3.63) is 46.2 Å². The molecule has 0 amide bonds. The number of hydrogen-bond acceptors (Lipinski definition) is 5. The van der Waals surface area contributed by atoms with E-state index < -0.39 is 6.10 Å². The van der Waals surface area contributed by atoms with E-state index in [1.54, 1.807) is 11.3 Å². The highest BCUT2D eigenvalue weighted by atomic mass is 32.1. The summed E-state index contributed by atoms with van der Waals surface area (Å²) in [6.07, 6.45) is 0.418.